The van der Waals surface area contributed by atoms with Gasteiger partial charge in [-0.15, -0.1) is 0 Å². The average molecular weight is 1420 g/mol. The number of aryl methyl sites for hydroxylation is 4. The number of carbonyl (C=O) groups excluding carboxylic acids is 2. The summed E-state index contributed by atoms with van der Waals surface area (Å²) in [6.07, 6.45) is 5.00. The van der Waals surface area contributed by atoms with Crippen molar-refractivity contribution in [2.24, 2.45) is 0 Å². The number of fused-ring (bicyclic) bond motifs is 2. The van der Waals surface area contributed by atoms with Gasteiger partial charge in [-0.2, -0.15) is 8.42 Å². The molecule has 0 amide bonds. The standard InChI is InChI=1S/C30H34O7S.C20H26O6S2.C11H12O4.CH3F.3K.HO4P/c1-20-13-26(35-11-6-12-38(4,32)33)14-21(2)30(20)23-8-5-7-22(15-23)18-36-25-9-10-27-24(16-29(31)34-3)19-37-28(27)17-25;1-15-11-19(25-9-6-10-27(3,21)22)12-16(2)20(15)18-8-5-7-17(13-18)14-26-28(4,23)24;1-14-11(13)4-7-6-15-10-5-8(12)2-3-9(7)10;1-2;;;;1-4-5(2)3/h5,7-10,13-15,17,24H,6,11-12,16,18-19H2,1-4H3;5,7-8,11-13H,6,9-10,14H2,1-4H3;2-3,5,7,12H,4,6H2,1H3;1H3;;;;1H/q;;;;;;+1;/p-1/t24-;;7-;;;;;/m1.1...../s1/i;;;1D;;;;. The molecule has 482 valence electrons. The van der Waals surface area contributed by atoms with Crippen LogP contribution in [0.4, 0.5) is 4.39 Å². The zero-order valence-electron chi connectivity index (χ0n) is 54.4. The van der Waals surface area contributed by atoms with Crippen molar-refractivity contribution < 1.29 is 154 Å². The number of sulfone groups is 2. The van der Waals surface area contributed by atoms with Gasteiger partial charge in [0.2, 0.25) is 0 Å². The van der Waals surface area contributed by atoms with Gasteiger partial charge in [0.15, 0.2) is 0 Å². The monoisotopic (exact) mass is 1420 g/mol. The average Bonchev–Trinajstić information content (AvgIpc) is 1.10. The molecule has 1 N–H and O–H groups in total. The fourth-order valence-corrected chi connectivity index (χ4v) is 11.1. The van der Waals surface area contributed by atoms with Crippen LogP contribution in [0.1, 0.15) is 83.4 Å². The summed E-state index contributed by atoms with van der Waals surface area (Å²) in [5.74, 6) is 3.48. The van der Waals surface area contributed by atoms with Crippen molar-refractivity contribution in [2.75, 3.05) is 78.1 Å². The number of esters is 2. The van der Waals surface area contributed by atoms with E-state index in [9.17, 15) is 44.3 Å². The van der Waals surface area contributed by atoms with Gasteiger partial charge in [0.25, 0.3) is 10.1 Å². The number of phenolic OH excluding ortho intramolecular Hbond substituents is 1. The first kappa shape index (κ1) is 82.9. The van der Waals surface area contributed by atoms with E-state index in [0.717, 1.165) is 84.5 Å². The molecule has 21 nitrogen and oxygen atoms in total. The molecule has 6 aromatic carbocycles. The Hall–Kier alpha value is -2.31. The molecule has 0 radical (unpaired) electrons. The third-order valence-corrected chi connectivity index (χ3v) is 16.0. The zero-order chi connectivity index (χ0) is 68.1. The van der Waals surface area contributed by atoms with Crippen molar-refractivity contribution in [3.05, 3.63) is 154 Å². The Morgan fingerprint density at radius 2 is 1.03 bits per heavy atom. The maximum absolute atomic E-state index is 11.6. The summed E-state index contributed by atoms with van der Waals surface area (Å²) in [5, 5.41) is 17.8. The summed E-state index contributed by atoms with van der Waals surface area (Å²) < 4.78 is 137. The number of hydrogen-bond acceptors (Lipinski definition) is 21. The molecule has 2 heterocycles. The second-order valence-corrected chi connectivity index (χ2v) is 27.2. The molecular formula is C62H75FK3O21PS3. The number of benzene rings is 6. The van der Waals surface area contributed by atoms with Gasteiger partial charge < -0.3 is 48.4 Å². The number of hydrogen-bond donors (Lipinski definition) is 1. The van der Waals surface area contributed by atoms with Crippen LogP contribution in [0, 0.1) is 27.7 Å². The van der Waals surface area contributed by atoms with E-state index < -0.39 is 45.2 Å². The first-order chi connectivity index (χ1) is 43.0. The number of ether oxygens (including phenoxy) is 7. The molecule has 0 aliphatic carbocycles. The molecule has 0 spiro atoms. The van der Waals surface area contributed by atoms with Crippen molar-refractivity contribution in [3.63, 3.8) is 0 Å². The summed E-state index contributed by atoms with van der Waals surface area (Å²) in [4.78, 5) is 31.6. The Morgan fingerprint density at radius 3 is 1.42 bits per heavy atom. The van der Waals surface area contributed by atoms with Crippen molar-refractivity contribution in [3.8, 4) is 56.8 Å². The molecule has 91 heavy (non-hydrogen) atoms. The number of rotatable bonds is 23. The van der Waals surface area contributed by atoms with Crippen LogP contribution in [0.15, 0.2) is 109 Å². The van der Waals surface area contributed by atoms with Crippen molar-refractivity contribution in [1.29, 1.82) is 0 Å². The first-order valence-electron chi connectivity index (χ1n) is 28.8. The summed E-state index contributed by atoms with van der Waals surface area (Å²) in [5.41, 5.74) is 12.2. The number of methoxy groups -OCH3 is 2. The van der Waals surface area contributed by atoms with Gasteiger partial charge in [-0.3, -0.25) is 18.2 Å². The Morgan fingerprint density at radius 1 is 0.637 bits per heavy atom. The van der Waals surface area contributed by atoms with E-state index in [4.69, 9.17) is 48.7 Å². The quantitative estimate of drug-likeness (QED) is 0.0164. The van der Waals surface area contributed by atoms with Crippen molar-refractivity contribution >= 4 is 113 Å². The predicted octanol–water partition coefficient (Wildman–Crippen LogP) is 5.22. The summed E-state index contributed by atoms with van der Waals surface area (Å²) in [7, 11) is -10.9. The van der Waals surface area contributed by atoms with Crippen LogP contribution in [-0.2, 0) is 75.5 Å². The molecule has 0 aromatic heterocycles. The molecule has 3 atom stereocenters. The molecule has 0 saturated carbocycles. The number of phenols is 1. The molecule has 2 aliphatic rings. The Labute approximate surface area is 624 Å². The van der Waals surface area contributed by atoms with Crippen LogP contribution in [0.25, 0.3) is 22.3 Å². The summed E-state index contributed by atoms with van der Waals surface area (Å²) in [6, 6.07) is 34.3. The van der Waals surface area contributed by atoms with E-state index in [1.54, 1.807) is 18.2 Å². The Bertz CT molecular complexity index is 3670. The van der Waals surface area contributed by atoms with E-state index in [2.05, 4.69) is 21.5 Å². The molecule has 8 rings (SSSR count). The van der Waals surface area contributed by atoms with Crippen LogP contribution >= 0.6 is 8.25 Å². The van der Waals surface area contributed by atoms with Gasteiger partial charge in [-0.1, -0.05) is 48.5 Å². The number of halogens is 1. The molecule has 0 bridgehead atoms. The van der Waals surface area contributed by atoms with E-state index in [-0.39, 0.29) is 99.0 Å². The zero-order valence-corrected chi connectivity index (χ0v) is 66.1. The van der Waals surface area contributed by atoms with Gasteiger partial charge in [0.05, 0.1) is 86.4 Å². The minimum atomic E-state index is -3.50. The Kier molecular flexibility index (Phi) is 39.2. The van der Waals surface area contributed by atoms with E-state index >= 15 is 0 Å². The van der Waals surface area contributed by atoms with Gasteiger partial charge in [0, 0.05) is 47.6 Å². The Balaban J connectivity index is 0.000000465. The fraction of sp³-hybridized carbons (Fsp3) is 0.387. The third kappa shape index (κ3) is 31.6. The van der Waals surface area contributed by atoms with Crippen LogP contribution in [0.3, 0.4) is 0 Å². The van der Waals surface area contributed by atoms with E-state index in [1.165, 1.54) is 89.9 Å². The SMILES string of the molecule is COC(=O)C[C@@H]1COc2cc(O)ccc21.COC(=O)C[C@@H]1COc2cc(OCc3cccc(-c4c(C)cc(OCCCS(C)(=O)=O)cc4C)c3)ccc21.Cc1cc(OCCCS(C)(=O)=O)cc(C)c1-c1cccc(COS(C)(=O)=O)c1.O=[P+]([O-])O[O-].[2H]CF.[K+].[K][K]. The van der Waals surface area contributed by atoms with E-state index in [0.29, 0.717) is 76.0 Å². The number of aromatic hydroxyl groups is 1. The first-order valence-corrected chi connectivity index (χ1v) is 51.1. The normalized spacial score (nSPS) is 13.7. The van der Waals surface area contributed by atoms with Gasteiger partial charge in [-0.05, 0) is 149 Å². The van der Waals surface area contributed by atoms with Crippen LogP contribution < -0.4 is 85.2 Å². The summed E-state index contributed by atoms with van der Waals surface area (Å²) in [6.45, 7) is 10.1. The molecule has 1 unspecified atom stereocenters. The summed E-state index contributed by atoms with van der Waals surface area (Å²) >= 11 is 2.50. The molecule has 29 heteroatoms. The number of carbonyl (C=O) groups is 2. The van der Waals surface area contributed by atoms with Gasteiger partial charge in [0.1, 0.15) is 60.8 Å². The maximum atomic E-state index is 11.6. The van der Waals surface area contributed by atoms with Crippen LogP contribution in [0.5, 0.6) is 34.5 Å². The molecule has 2 aliphatic heterocycles. The minimum absolute atomic E-state index is 0. The van der Waals surface area contributed by atoms with Crippen LogP contribution in [-0.4, -0.2) is 184 Å². The molecular weight excluding hydrogens is 1340 g/mol. The number of alkyl halides is 1. The van der Waals surface area contributed by atoms with Crippen LogP contribution in [0.2, 0.25) is 0 Å². The third-order valence-electron chi connectivity index (χ3n) is 13.2. The fourth-order valence-electron chi connectivity index (χ4n) is 9.44. The van der Waals surface area contributed by atoms with E-state index in [1.807, 2.05) is 107 Å². The van der Waals surface area contributed by atoms with Gasteiger partial charge in [-0.25, -0.2) is 21.5 Å². The molecule has 0 fully saturated rings. The predicted molar refractivity (Wildman–Crippen MR) is 338 cm³/mol. The second-order valence-electron chi connectivity index (χ2n) is 20.5. The topological polar surface area (TPSA) is 303 Å². The van der Waals surface area contributed by atoms with Crippen molar-refractivity contribution in [2.45, 2.75) is 78.4 Å². The second kappa shape index (κ2) is 43.1. The van der Waals surface area contributed by atoms with Crippen molar-refractivity contribution in [1.82, 2.24) is 0 Å². The van der Waals surface area contributed by atoms with Gasteiger partial charge >= 0.3 is 135 Å². The molecule has 6 aromatic rings. The molecule has 0 saturated heterocycles.